The van der Waals surface area contributed by atoms with Gasteiger partial charge >= 0.3 is 0 Å². The number of anilines is 1. The van der Waals surface area contributed by atoms with Crippen LogP contribution in [0.1, 0.15) is 38.5 Å². The molecule has 1 heterocycles. The molecule has 0 atom stereocenters. The minimum Gasteiger partial charge on any atom is -0.396 e. The highest BCUT2D eigenvalue weighted by Gasteiger charge is 2.52. The van der Waals surface area contributed by atoms with Gasteiger partial charge in [0.05, 0.1) is 5.69 Å². The third-order valence-electron chi connectivity index (χ3n) is 5.44. The summed E-state index contributed by atoms with van der Waals surface area (Å²) in [7, 11) is -3.64. The molecule has 6 heteroatoms. The van der Waals surface area contributed by atoms with Crippen LogP contribution in [0.4, 0.5) is 5.69 Å². The zero-order chi connectivity index (χ0) is 14.7. The van der Waals surface area contributed by atoms with Crippen molar-refractivity contribution in [3.8, 4) is 0 Å². The average Bonchev–Trinajstić information content (AvgIpc) is 2.35. The van der Waals surface area contributed by atoms with Crippen molar-refractivity contribution in [3.63, 3.8) is 0 Å². The van der Waals surface area contributed by atoms with Crippen molar-refractivity contribution >= 4 is 15.7 Å². The fraction of sp³-hybridized carbons (Fsp3) is 0.667. The maximum atomic E-state index is 12.7. The topological polar surface area (TPSA) is 85.1 Å². The molecule has 4 aliphatic rings. The molecule has 21 heavy (non-hydrogen) atoms. The summed E-state index contributed by atoms with van der Waals surface area (Å²) in [4.78, 5) is 3.97. The van der Waals surface area contributed by atoms with Gasteiger partial charge in [0.1, 0.15) is 0 Å². The van der Waals surface area contributed by atoms with E-state index >= 15 is 0 Å². The van der Waals surface area contributed by atoms with E-state index in [1.165, 1.54) is 25.5 Å². The summed E-state index contributed by atoms with van der Waals surface area (Å²) in [6.45, 7) is 0. The molecule has 5 nitrogen and oxygen atoms in total. The quantitative estimate of drug-likeness (QED) is 0.893. The second-order valence-corrected chi connectivity index (χ2v) is 8.80. The van der Waals surface area contributed by atoms with Crippen LogP contribution in [0, 0.1) is 17.8 Å². The molecule has 0 amide bonds. The summed E-state index contributed by atoms with van der Waals surface area (Å²) in [5.74, 6) is 2.08. The lowest BCUT2D eigenvalue weighted by molar-refractivity contribution is -0.00812. The van der Waals surface area contributed by atoms with Gasteiger partial charge in [0.25, 0.3) is 10.0 Å². The second-order valence-electron chi connectivity index (χ2n) is 7.20. The van der Waals surface area contributed by atoms with Crippen LogP contribution in [0.25, 0.3) is 0 Å². The molecule has 0 spiro atoms. The van der Waals surface area contributed by atoms with Crippen LogP contribution in [0.2, 0.25) is 0 Å². The predicted octanol–water partition coefficient (Wildman–Crippen LogP) is 1.91. The SMILES string of the molecule is Nc1cccnc1S(=O)(=O)NC12CC3CC(CC(C3)C1)C2. The first-order valence-electron chi connectivity index (χ1n) is 7.70. The largest absolute Gasteiger partial charge is 0.396 e. The molecule has 4 saturated carbocycles. The van der Waals surface area contributed by atoms with Crippen LogP contribution < -0.4 is 10.5 Å². The Labute approximate surface area is 125 Å². The fourth-order valence-electron chi connectivity index (χ4n) is 5.20. The summed E-state index contributed by atoms with van der Waals surface area (Å²) >= 11 is 0. The Morgan fingerprint density at radius 1 is 1.14 bits per heavy atom. The molecule has 3 N–H and O–H groups in total. The summed E-state index contributed by atoms with van der Waals surface area (Å²) < 4.78 is 28.4. The van der Waals surface area contributed by atoms with Gasteiger partial charge in [0, 0.05) is 11.7 Å². The van der Waals surface area contributed by atoms with E-state index in [0.29, 0.717) is 17.8 Å². The molecule has 5 rings (SSSR count). The number of pyridine rings is 1. The van der Waals surface area contributed by atoms with Gasteiger partial charge in [-0.25, -0.2) is 18.1 Å². The number of nitrogens with one attached hydrogen (secondary N) is 1. The van der Waals surface area contributed by atoms with Crippen LogP contribution >= 0.6 is 0 Å². The molecule has 4 bridgehead atoms. The molecule has 4 aliphatic carbocycles. The molecule has 114 valence electrons. The van der Waals surface area contributed by atoms with Gasteiger partial charge in [-0.05, 0) is 68.4 Å². The normalized spacial score (nSPS) is 37.8. The Morgan fingerprint density at radius 2 is 1.71 bits per heavy atom. The number of aromatic nitrogens is 1. The Hall–Kier alpha value is -1.14. The standard InChI is InChI=1S/C15H21N3O2S/c16-13-2-1-3-17-14(13)21(19,20)18-15-7-10-4-11(8-15)6-12(5-10)9-15/h1-3,10-12,18H,4-9,16H2. The van der Waals surface area contributed by atoms with Gasteiger partial charge in [-0.15, -0.1) is 0 Å². The van der Waals surface area contributed by atoms with Crippen LogP contribution in [0.5, 0.6) is 0 Å². The van der Waals surface area contributed by atoms with Gasteiger partial charge < -0.3 is 5.73 Å². The van der Waals surface area contributed by atoms with E-state index in [9.17, 15) is 8.42 Å². The molecule has 0 unspecified atom stereocenters. The smallest absolute Gasteiger partial charge is 0.260 e. The zero-order valence-corrected chi connectivity index (χ0v) is 12.8. The summed E-state index contributed by atoms with van der Waals surface area (Å²) in [6, 6.07) is 3.24. The lowest BCUT2D eigenvalue weighted by atomic mass is 9.53. The average molecular weight is 307 g/mol. The van der Waals surface area contributed by atoms with Crippen LogP contribution in [0.15, 0.2) is 23.4 Å². The Bertz CT molecular complexity index is 636. The number of hydrogen-bond acceptors (Lipinski definition) is 4. The highest BCUT2D eigenvalue weighted by atomic mass is 32.2. The van der Waals surface area contributed by atoms with Crippen molar-refractivity contribution in [1.82, 2.24) is 9.71 Å². The van der Waals surface area contributed by atoms with Gasteiger partial charge in [-0.3, -0.25) is 0 Å². The molecule has 1 aromatic rings. The third kappa shape index (κ3) is 2.25. The minimum atomic E-state index is -3.64. The predicted molar refractivity (Wildman–Crippen MR) is 79.9 cm³/mol. The number of nitrogen functional groups attached to an aromatic ring is 1. The first-order chi connectivity index (χ1) is 9.96. The van der Waals surface area contributed by atoms with E-state index < -0.39 is 10.0 Å². The van der Waals surface area contributed by atoms with Crippen LogP contribution in [0.3, 0.4) is 0 Å². The highest BCUT2D eigenvalue weighted by Crippen LogP contribution is 2.55. The van der Waals surface area contributed by atoms with Crippen molar-refractivity contribution in [2.75, 3.05) is 5.73 Å². The first-order valence-corrected chi connectivity index (χ1v) is 9.19. The lowest BCUT2D eigenvalue weighted by Crippen LogP contribution is -2.59. The van der Waals surface area contributed by atoms with Gasteiger partial charge in [0.15, 0.2) is 5.03 Å². The Kier molecular flexibility index (Phi) is 2.85. The molecule has 0 aromatic carbocycles. The summed E-state index contributed by atoms with van der Waals surface area (Å²) in [5, 5.41) is -0.0271. The fourth-order valence-corrected chi connectivity index (χ4v) is 6.69. The maximum Gasteiger partial charge on any atom is 0.260 e. The molecule has 0 saturated heterocycles. The van der Waals surface area contributed by atoms with Gasteiger partial charge in [-0.1, -0.05) is 0 Å². The van der Waals surface area contributed by atoms with E-state index in [-0.39, 0.29) is 16.3 Å². The van der Waals surface area contributed by atoms with Crippen molar-refractivity contribution in [2.24, 2.45) is 17.8 Å². The molecule has 0 radical (unpaired) electrons. The monoisotopic (exact) mass is 307 g/mol. The van der Waals surface area contributed by atoms with Crippen LogP contribution in [-0.4, -0.2) is 18.9 Å². The first kappa shape index (κ1) is 13.5. The number of hydrogen-bond donors (Lipinski definition) is 2. The molecule has 0 aliphatic heterocycles. The number of sulfonamides is 1. The van der Waals surface area contributed by atoms with Crippen molar-refractivity contribution < 1.29 is 8.42 Å². The lowest BCUT2D eigenvalue weighted by Gasteiger charge is -2.56. The Morgan fingerprint density at radius 3 is 2.24 bits per heavy atom. The summed E-state index contributed by atoms with van der Waals surface area (Å²) in [6.07, 6.45) is 8.26. The second kappa shape index (κ2) is 4.43. The molecule has 1 aromatic heterocycles. The van der Waals surface area contributed by atoms with Crippen molar-refractivity contribution in [2.45, 2.75) is 49.1 Å². The van der Waals surface area contributed by atoms with E-state index in [1.807, 2.05) is 0 Å². The van der Waals surface area contributed by atoms with E-state index in [1.54, 1.807) is 12.1 Å². The molecular weight excluding hydrogens is 286 g/mol. The minimum absolute atomic E-state index is 0.0271. The van der Waals surface area contributed by atoms with Crippen molar-refractivity contribution in [1.29, 1.82) is 0 Å². The number of rotatable bonds is 3. The van der Waals surface area contributed by atoms with Gasteiger partial charge in [0.2, 0.25) is 0 Å². The number of nitrogens with zero attached hydrogens (tertiary/aromatic N) is 1. The van der Waals surface area contributed by atoms with Crippen molar-refractivity contribution in [3.05, 3.63) is 18.3 Å². The molecule has 4 fully saturated rings. The maximum absolute atomic E-state index is 12.7. The van der Waals surface area contributed by atoms with E-state index in [2.05, 4.69) is 9.71 Å². The van der Waals surface area contributed by atoms with Crippen LogP contribution in [-0.2, 0) is 10.0 Å². The highest BCUT2D eigenvalue weighted by molar-refractivity contribution is 7.89. The van der Waals surface area contributed by atoms with Gasteiger partial charge in [-0.2, -0.15) is 0 Å². The van der Waals surface area contributed by atoms with E-state index in [0.717, 1.165) is 19.3 Å². The zero-order valence-electron chi connectivity index (χ0n) is 12.0. The third-order valence-corrected chi connectivity index (χ3v) is 7.00. The Balaban J connectivity index is 1.65. The summed E-state index contributed by atoms with van der Waals surface area (Å²) in [5.41, 5.74) is 5.76. The molecular formula is C15H21N3O2S. The van der Waals surface area contributed by atoms with E-state index in [4.69, 9.17) is 5.73 Å². The number of nitrogens with two attached hydrogens (primary N) is 1.